The van der Waals surface area contributed by atoms with Gasteiger partial charge >= 0.3 is 0 Å². The lowest BCUT2D eigenvalue weighted by Crippen LogP contribution is -2.45. The van der Waals surface area contributed by atoms with Crippen molar-refractivity contribution in [1.82, 2.24) is 5.32 Å². The Hall–Kier alpha value is -1.06. The van der Waals surface area contributed by atoms with Crippen LogP contribution in [-0.2, 0) is 11.2 Å². The van der Waals surface area contributed by atoms with Gasteiger partial charge in [0.05, 0.1) is 6.04 Å². The number of carbonyl (C=O) groups is 1. The second kappa shape index (κ2) is 7.39. The first kappa shape index (κ1) is 15.0. The van der Waals surface area contributed by atoms with E-state index in [9.17, 15) is 4.79 Å². The Morgan fingerprint density at radius 1 is 1.44 bits per heavy atom. The molecule has 2 atom stereocenters. The molecule has 1 aromatic rings. The molecule has 0 bridgehead atoms. The van der Waals surface area contributed by atoms with Crippen LogP contribution in [0.25, 0.3) is 0 Å². The minimum atomic E-state index is -0.429. The van der Waals surface area contributed by atoms with Crippen LogP contribution in [0.15, 0.2) is 24.3 Å². The van der Waals surface area contributed by atoms with Crippen molar-refractivity contribution in [2.24, 2.45) is 11.7 Å². The van der Waals surface area contributed by atoms with E-state index in [2.05, 4.69) is 5.32 Å². The number of nitrogens with two attached hydrogens (primary N) is 1. The van der Waals surface area contributed by atoms with E-state index in [0.29, 0.717) is 6.54 Å². The van der Waals surface area contributed by atoms with Gasteiger partial charge < -0.3 is 11.1 Å². The fourth-order valence-electron chi connectivity index (χ4n) is 1.65. The van der Waals surface area contributed by atoms with Gasteiger partial charge in [-0.25, -0.2) is 0 Å². The molecule has 0 fully saturated rings. The first-order valence-electron chi connectivity index (χ1n) is 6.33. The predicted octanol–water partition coefficient (Wildman–Crippen LogP) is 2.37. The zero-order valence-electron chi connectivity index (χ0n) is 10.9. The normalized spacial score (nSPS) is 14.0. The predicted molar refractivity (Wildman–Crippen MR) is 75.6 cm³/mol. The molecule has 1 aromatic carbocycles. The number of hydrogen-bond acceptors (Lipinski definition) is 2. The summed E-state index contributed by atoms with van der Waals surface area (Å²) in [5.41, 5.74) is 6.88. The van der Waals surface area contributed by atoms with Crippen LogP contribution < -0.4 is 11.1 Å². The minimum Gasteiger partial charge on any atom is -0.354 e. The number of amides is 1. The fourth-order valence-corrected chi connectivity index (χ4v) is 1.88. The molecule has 100 valence electrons. The molecule has 3 N–H and O–H groups in total. The van der Waals surface area contributed by atoms with Crippen molar-refractivity contribution >= 4 is 17.5 Å². The first-order valence-corrected chi connectivity index (χ1v) is 6.70. The van der Waals surface area contributed by atoms with Crippen molar-refractivity contribution in [1.29, 1.82) is 0 Å². The van der Waals surface area contributed by atoms with Gasteiger partial charge in [0.15, 0.2) is 0 Å². The average Bonchev–Trinajstić information content (AvgIpc) is 2.39. The van der Waals surface area contributed by atoms with Crippen molar-refractivity contribution in [3.63, 3.8) is 0 Å². The molecule has 0 saturated carbocycles. The van der Waals surface area contributed by atoms with Crippen LogP contribution in [0, 0.1) is 5.92 Å². The highest BCUT2D eigenvalue weighted by Gasteiger charge is 2.18. The van der Waals surface area contributed by atoms with Crippen LogP contribution in [0.4, 0.5) is 0 Å². The summed E-state index contributed by atoms with van der Waals surface area (Å²) in [5, 5.41) is 3.59. The lowest BCUT2D eigenvalue weighted by atomic mass is 9.99. The van der Waals surface area contributed by atoms with Crippen LogP contribution in [0.2, 0.25) is 5.02 Å². The molecule has 2 unspecified atom stereocenters. The smallest absolute Gasteiger partial charge is 0.237 e. The van der Waals surface area contributed by atoms with Crippen molar-refractivity contribution in [2.75, 3.05) is 6.54 Å². The van der Waals surface area contributed by atoms with E-state index in [1.54, 1.807) is 0 Å². The highest BCUT2D eigenvalue weighted by molar-refractivity contribution is 6.31. The van der Waals surface area contributed by atoms with Crippen LogP contribution in [0.5, 0.6) is 0 Å². The molecule has 0 aromatic heterocycles. The Kier molecular flexibility index (Phi) is 6.16. The number of hydrogen-bond donors (Lipinski definition) is 2. The zero-order valence-corrected chi connectivity index (χ0v) is 11.7. The maximum absolute atomic E-state index is 11.7. The third kappa shape index (κ3) is 4.31. The second-order valence-corrected chi connectivity index (χ2v) is 4.95. The molecule has 0 aliphatic heterocycles. The van der Waals surface area contributed by atoms with Gasteiger partial charge in [0.2, 0.25) is 5.91 Å². The van der Waals surface area contributed by atoms with Gasteiger partial charge in [0, 0.05) is 11.6 Å². The van der Waals surface area contributed by atoms with Crippen molar-refractivity contribution in [3.8, 4) is 0 Å². The number of benzene rings is 1. The summed E-state index contributed by atoms with van der Waals surface area (Å²) in [6.07, 6.45) is 1.62. The van der Waals surface area contributed by atoms with Crippen LogP contribution in [-0.4, -0.2) is 18.5 Å². The molecule has 18 heavy (non-hydrogen) atoms. The molecule has 3 nitrogen and oxygen atoms in total. The largest absolute Gasteiger partial charge is 0.354 e. The molecular weight excluding hydrogens is 248 g/mol. The van der Waals surface area contributed by atoms with Gasteiger partial charge in [-0.2, -0.15) is 0 Å². The minimum absolute atomic E-state index is 0.0867. The Labute approximate surface area is 114 Å². The van der Waals surface area contributed by atoms with Gasteiger partial charge in [-0.05, 0) is 24.0 Å². The van der Waals surface area contributed by atoms with E-state index in [1.807, 2.05) is 38.1 Å². The molecule has 1 amide bonds. The fraction of sp³-hybridized carbons (Fsp3) is 0.500. The topological polar surface area (TPSA) is 55.1 Å². The van der Waals surface area contributed by atoms with E-state index >= 15 is 0 Å². The Morgan fingerprint density at radius 3 is 2.72 bits per heavy atom. The van der Waals surface area contributed by atoms with Crippen LogP contribution >= 0.6 is 11.6 Å². The Balaban J connectivity index is 2.38. The standard InChI is InChI=1S/C14H21ClN2O/c1-3-10(2)13(16)14(18)17-9-8-11-6-4-5-7-12(11)15/h4-7,10,13H,3,8-9,16H2,1-2H3,(H,17,18). The first-order chi connectivity index (χ1) is 8.56. The van der Waals surface area contributed by atoms with Crippen LogP contribution in [0.3, 0.4) is 0 Å². The molecule has 0 aliphatic carbocycles. The molecular formula is C14H21ClN2O. The maximum atomic E-state index is 11.7. The van der Waals surface area contributed by atoms with Gasteiger partial charge in [-0.15, -0.1) is 0 Å². The summed E-state index contributed by atoms with van der Waals surface area (Å²) >= 11 is 6.04. The molecule has 0 aliphatic rings. The van der Waals surface area contributed by atoms with Crippen molar-refractivity contribution < 1.29 is 4.79 Å². The molecule has 0 heterocycles. The van der Waals surface area contributed by atoms with Gasteiger partial charge in [-0.3, -0.25) is 4.79 Å². The maximum Gasteiger partial charge on any atom is 0.237 e. The number of halogens is 1. The van der Waals surface area contributed by atoms with E-state index in [4.69, 9.17) is 17.3 Å². The summed E-state index contributed by atoms with van der Waals surface area (Å²) < 4.78 is 0. The monoisotopic (exact) mass is 268 g/mol. The highest BCUT2D eigenvalue weighted by Crippen LogP contribution is 2.14. The summed E-state index contributed by atoms with van der Waals surface area (Å²) in [6, 6.07) is 7.21. The average molecular weight is 269 g/mol. The quantitative estimate of drug-likeness (QED) is 0.832. The van der Waals surface area contributed by atoms with E-state index in [0.717, 1.165) is 23.4 Å². The SMILES string of the molecule is CCC(C)C(N)C(=O)NCCc1ccccc1Cl. The lowest BCUT2D eigenvalue weighted by Gasteiger charge is -2.17. The van der Waals surface area contributed by atoms with Gasteiger partial charge in [0.25, 0.3) is 0 Å². The Morgan fingerprint density at radius 2 is 2.11 bits per heavy atom. The summed E-state index contributed by atoms with van der Waals surface area (Å²) in [6.45, 7) is 4.58. The Bertz CT molecular complexity index is 395. The number of carbonyl (C=O) groups excluding carboxylic acids is 1. The molecule has 1 rings (SSSR count). The summed E-state index contributed by atoms with van der Waals surface area (Å²) in [5.74, 6) is 0.113. The lowest BCUT2D eigenvalue weighted by molar-refractivity contribution is -0.123. The number of rotatable bonds is 6. The zero-order chi connectivity index (χ0) is 13.5. The number of nitrogens with one attached hydrogen (secondary N) is 1. The molecule has 0 spiro atoms. The molecule has 0 radical (unpaired) electrons. The van der Waals surface area contributed by atoms with E-state index in [-0.39, 0.29) is 11.8 Å². The third-order valence-electron chi connectivity index (χ3n) is 3.21. The highest BCUT2D eigenvalue weighted by atomic mass is 35.5. The van der Waals surface area contributed by atoms with E-state index in [1.165, 1.54) is 0 Å². The third-order valence-corrected chi connectivity index (χ3v) is 3.58. The van der Waals surface area contributed by atoms with Crippen LogP contribution in [0.1, 0.15) is 25.8 Å². The van der Waals surface area contributed by atoms with Gasteiger partial charge in [0.1, 0.15) is 0 Å². The van der Waals surface area contributed by atoms with Crippen molar-refractivity contribution in [3.05, 3.63) is 34.9 Å². The van der Waals surface area contributed by atoms with Crippen molar-refractivity contribution in [2.45, 2.75) is 32.7 Å². The summed E-state index contributed by atoms with van der Waals surface area (Å²) in [7, 11) is 0. The second-order valence-electron chi connectivity index (χ2n) is 4.54. The van der Waals surface area contributed by atoms with Gasteiger partial charge in [-0.1, -0.05) is 50.1 Å². The van der Waals surface area contributed by atoms with E-state index < -0.39 is 6.04 Å². The molecule has 0 saturated heterocycles. The summed E-state index contributed by atoms with van der Waals surface area (Å²) in [4.78, 5) is 11.7. The molecule has 4 heteroatoms.